The van der Waals surface area contributed by atoms with E-state index < -0.39 is 0 Å². The quantitative estimate of drug-likeness (QED) is 0.518. The van der Waals surface area contributed by atoms with E-state index in [2.05, 4.69) is 6.92 Å². The summed E-state index contributed by atoms with van der Waals surface area (Å²) in [6.07, 6.45) is 4.05. The molecule has 0 aromatic carbocycles. The van der Waals surface area contributed by atoms with Crippen molar-refractivity contribution in [3.63, 3.8) is 0 Å². The lowest BCUT2D eigenvalue weighted by atomic mass is 10.2. The summed E-state index contributed by atoms with van der Waals surface area (Å²) in [5, 5.41) is 0.702. The monoisotopic (exact) mass is 142 g/mol. The number of rotatable bonds is 1. The van der Waals surface area contributed by atoms with E-state index in [9.17, 15) is 4.79 Å². The van der Waals surface area contributed by atoms with Crippen LogP contribution in [-0.2, 0) is 4.79 Å². The van der Waals surface area contributed by atoms with Crippen molar-refractivity contribution < 1.29 is 4.79 Å². The van der Waals surface area contributed by atoms with Gasteiger partial charge in [0.1, 0.15) is 6.29 Å². The predicted octanol–water partition coefficient (Wildman–Crippen LogP) is 1.64. The molecule has 1 aliphatic rings. The molecule has 0 spiro atoms. The van der Waals surface area contributed by atoms with Gasteiger partial charge in [-0.1, -0.05) is 13.0 Å². The van der Waals surface area contributed by atoms with Gasteiger partial charge in [-0.15, -0.1) is 0 Å². The third kappa shape index (κ3) is 1.86. The van der Waals surface area contributed by atoms with Gasteiger partial charge in [-0.05, 0) is 12.0 Å². The van der Waals surface area contributed by atoms with Crippen LogP contribution in [0, 0.1) is 0 Å². The first-order valence-corrected chi connectivity index (χ1v) is 4.13. The molecule has 0 amide bonds. The Bertz CT molecular complexity index is 140. The second-order valence-electron chi connectivity index (χ2n) is 2.25. The molecular formula is C7H10OS. The Morgan fingerprint density at radius 1 is 1.89 bits per heavy atom. The number of carbonyl (C=O) groups excluding carboxylic acids is 1. The maximum Gasteiger partial charge on any atom is 0.146 e. The van der Waals surface area contributed by atoms with Gasteiger partial charge in [-0.2, -0.15) is 11.8 Å². The predicted molar refractivity (Wildman–Crippen MR) is 40.7 cm³/mol. The highest BCUT2D eigenvalue weighted by Crippen LogP contribution is 2.22. The fraction of sp³-hybridized carbons (Fsp3) is 0.571. The molecule has 0 aliphatic carbocycles. The highest BCUT2D eigenvalue weighted by atomic mass is 32.2. The third-order valence-electron chi connectivity index (χ3n) is 1.40. The number of carbonyl (C=O) groups is 1. The number of thioether (sulfide) groups is 1. The van der Waals surface area contributed by atoms with Crippen LogP contribution in [0.15, 0.2) is 11.6 Å². The summed E-state index contributed by atoms with van der Waals surface area (Å²) in [5.41, 5.74) is 0.957. The highest BCUT2D eigenvalue weighted by Gasteiger charge is 2.08. The summed E-state index contributed by atoms with van der Waals surface area (Å²) in [7, 11) is 0. The van der Waals surface area contributed by atoms with Crippen LogP contribution < -0.4 is 0 Å². The Hall–Kier alpha value is -0.240. The first-order chi connectivity index (χ1) is 4.33. The highest BCUT2D eigenvalue weighted by molar-refractivity contribution is 8.00. The molecule has 0 saturated carbocycles. The lowest BCUT2D eigenvalue weighted by Crippen LogP contribution is -2.04. The molecule has 0 saturated heterocycles. The zero-order chi connectivity index (χ0) is 6.69. The Morgan fingerprint density at radius 3 is 3.11 bits per heavy atom. The molecule has 0 radical (unpaired) electrons. The number of aldehydes is 1. The second kappa shape index (κ2) is 3.06. The molecule has 1 nitrogen and oxygen atoms in total. The van der Waals surface area contributed by atoms with Gasteiger partial charge in [-0.25, -0.2) is 0 Å². The minimum atomic E-state index is 0.702. The van der Waals surface area contributed by atoms with Gasteiger partial charge in [-0.3, -0.25) is 4.79 Å². The molecule has 0 aromatic heterocycles. The van der Waals surface area contributed by atoms with E-state index in [1.165, 1.54) is 0 Å². The van der Waals surface area contributed by atoms with Crippen LogP contribution in [0.2, 0.25) is 0 Å². The SMILES string of the molecule is CC1CC=C(C=O)CS1. The largest absolute Gasteiger partial charge is 0.298 e. The van der Waals surface area contributed by atoms with Crippen molar-refractivity contribution in [3.8, 4) is 0 Å². The van der Waals surface area contributed by atoms with Crippen molar-refractivity contribution in [2.75, 3.05) is 5.75 Å². The molecule has 1 unspecified atom stereocenters. The molecule has 1 aliphatic heterocycles. The minimum absolute atomic E-state index is 0.702. The van der Waals surface area contributed by atoms with Crippen LogP contribution in [-0.4, -0.2) is 17.3 Å². The van der Waals surface area contributed by atoms with Crippen molar-refractivity contribution in [2.24, 2.45) is 0 Å². The maximum atomic E-state index is 10.2. The molecular weight excluding hydrogens is 132 g/mol. The smallest absolute Gasteiger partial charge is 0.146 e. The van der Waals surface area contributed by atoms with Crippen LogP contribution >= 0.6 is 11.8 Å². The molecule has 50 valence electrons. The number of allylic oxidation sites excluding steroid dienone is 1. The molecule has 0 bridgehead atoms. The molecule has 2 heteroatoms. The zero-order valence-electron chi connectivity index (χ0n) is 5.46. The molecule has 0 fully saturated rings. The van der Waals surface area contributed by atoms with Crippen LogP contribution in [0.1, 0.15) is 13.3 Å². The fourth-order valence-electron chi connectivity index (χ4n) is 0.765. The Balaban J connectivity index is 2.49. The van der Waals surface area contributed by atoms with Gasteiger partial charge in [0.15, 0.2) is 0 Å². The van der Waals surface area contributed by atoms with Crippen LogP contribution in [0.25, 0.3) is 0 Å². The number of hydrogen-bond donors (Lipinski definition) is 0. The lowest BCUT2D eigenvalue weighted by Gasteiger charge is -2.13. The van der Waals surface area contributed by atoms with Gasteiger partial charge in [0.05, 0.1) is 0 Å². The van der Waals surface area contributed by atoms with Crippen molar-refractivity contribution in [1.29, 1.82) is 0 Å². The summed E-state index contributed by atoms with van der Waals surface area (Å²) < 4.78 is 0. The molecule has 1 atom stereocenters. The van der Waals surface area contributed by atoms with E-state index in [4.69, 9.17) is 0 Å². The molecule has 0 aromatic rings. The summed E-state index contributed by atoms with van der Waals surface area (Å²) in [4.78, 5) is 10.2. The third-order valence-corrected chi connectivity index (χ3v) is 2.66. The van der Waals surface area contributed by atoms with Gasteiger partial charge < -0.3 is 0 Å². The second-order valence-corrected chi connectivity index (χ2v) is 3.68. The normalized spacial score (nSPS) is 27.2. The molecule has 0 N–H and O–H groups in total. The summed E-state index contributed by atoms with van der Waals surface area (Å²) >= 11 is 1.85. The minimum Gasteiger partial charge on any atom is -0.298 e. The summed E-state index contributed by atoms with van der Waals surface area (Å²) in [5.74, 6) is 0.907. The van der Waals surface area contributed by atoms with Crippen molar-refractivity contribution in [2.45, 2.75) is 18.6 Å². The molecule has 1 rings (SSSR count). The summed E-state index contributed by atoms with van der Waals surface area (Å²) in [6.45, 7) is 2.18. The maximum absolute atomic E-state index is 10.2. The van der Waals surface area contributed by atoms with Gasteiger partial charge in [0.2, 0.25) is 0 Å². The van der Waals surface area contributed by atoms with E-state index in [0.717, 1.165) is 24.0 Å². The van der Waals surface area contributed by atoms with Gasteiger partial charge in [0, 0.05) is 11.0 Å². The molecule has 9 heavy (non-hydrogen) atoms. The Kier molecular flexibility index (Phi) is 2.34. The standard InChI is InChI=1S/C7H10OS/c1-6-2-3-7(4-8)5-9-6/h3-4,6H,2,5H2,1H3. The summed E-state index contributed by atoms with van der Waals surface area (Å²) in [6, 6.07) is 0. The Labute approximate surface area is 59.5 Å². The Morgan fingerprint density at radius 2 is 2.67 bits per heavy atom. The van der Waals surface area contributed by atoms with Crippen LogP contribution in [0.5, 0.6) is 0 Å². The average molecular weight is 142 g/mol. The fourth-order valence-corrected chi connectivity index (χ4v) is 1.66. The first-order valence-electron chi connectivity index (χ1n) is 3.08. The number of hydrogen-bond acceptors (Lipinski definition) is 2. The molecule has 1 heterocycles. The van der Waals surface area contributed by atoms with Crippen molar-refractivity contribution in [3.05, 3.63) is 11.6 Å². The van der Waals surface area contributed by atoms with Crippen molar-refractivity contribution >= 4 is 18.0 Å². The van der Waals surface area contributed by atoms with Crippen LogP contribution in [0.4, 0.5) is 0 Å². The van der Waals surface area contributed by atoms with E-state index in [1.807, 2.05) is 17.8 Å². The van der Waals surface area contributed by atoms with E-state index >= 15 is 0 Å². The topological polar surface area (TPSA) is 17.1 Å². The average Bonchev–Trinajstić information content (AvgIpc) is 1.90. The zero-order valence-corrected chi connectivity index (χ0v) is 6.28. The van der Waals surface area contributed by atoms with Gasteiger partial charge >= 0.3 is 0 Å². The van der Waals surface area contributed by atoms with E-state index in [-0.39, 0.29) is 0 Å². The van der Waals surface area contributed by atoms with Crippen LogP contribution in [0.3, 0.4) is 0 Å². The van der Waals surface area contributed by atoms with E-state index in [0.29, 0.717) is 5.25 Å². The first kappa shape index (κ1) is 6.87. The van der Waals surface area contributed by atoms with Crippen molar-refractivity contribution in [1.82, 2.24) is 0 Å². The lowest BCUT2D eigenvalue weighted by molar-refractivity contribution is -0.104. The van der Waals surface area contributed by atoms with Gasteiger partial charge in [0.25, 0.3) is 0 Å². The van der Waals surface area contributed by atoms with E-state index in [1.54, 1.807) is 0 Å².